The van der Waals surface area contributed by atoms with Gasteiger partial charge in [-0.05, 0) is 29.5 Å². The summed E-state index contributed by atoms with van der Waals surface area (Å²) in [6, 6.07) is 6.63. The highest BCUT2D eigenvalue weighted by atomic mass is 16.5. The Kier molecular flexibility index (Phi) is 6.21. The van der Waals surface area contributed by atoms with E-state index in [9.17, 15) is 9.59 Å². The smallest absolute Gasteiger partial charge is 0.326 e. The van der Waals surface area contributed by atoms with Crippen molar-refractivity contribution in [1.29, 1.82) is 0 Å². The van der Waals surface area contributed by atoms with E-state index in [-0.39, 0.29) is 12.5 Å². The van der Waals surface area contributed by atoms with Crippen molar-refractivity contribution in [2.24, 2.45) is 5.92 Å². The summed E-state index contributed by atoms with van der Waals surface area (Å²) >= 11 is 0. The molecule has 116 valence electrons. The Morgan fingerprint density at radius 3 is 2.43 bits per heavy atom. The number of carboxylic acids is 1. The predicted octanol–water partition coefficient (Wildman–Crippen LogP) is 2.41. The van der Waals surface area contributed by atoms with Crippen LogP contribution in [0.15, 0.2) is 24.3 Å². The zero-order valence-electron chi connectivity index (χ0n) is 12.9. The molecule has 0 saturated carbocycles. The van der Waals surface area contributed by atoms with Crippen molar-refractivity contribution in [2.45, 2.75) is 39.7 Å². The lowest BCUT2D eigenvalue weighted by molar-refractivity contribution is -0.143. The van der Waals surface area contributed by atoms with Gasteiger partial charge in [-0.25, -0.2) is 4.79 Å². The monoisotopic (exact) mass is 293 g/mol. The van der Waals surface area contributed by atoms with Crippen molar-refractivity contribution in [3.63, 3.8) is 0 Å². The van der Waals surface area contributed by atoms with E-state index in [4.69, 9.17) is 9.84 Å². The van der Waals surface area contributed by atoms with E-state index in [0.29, 0.717) is 11.7 Å². The number of carbonyl (C=O) groups excluding carboxylic acids is 1. The quantitative estimate of drug-likeness (QED) is 0.809. The number of carboxylic acid groups (broad SMARTS) is 1. The molecule has 0 fully saturated rings. The Hall–Kier alpha value is -2.04. The van der Waals surface area contributed by atoms with Gasteiger partial charge in [0.15, 0.2) is 6.61 Å². The van der Waals surface area contributed by atoms with Crippen molar-refractivity contribution in [1.82, 2.24) is 5.32 Å². The number of amides is 1. The van der Waals surface area contributed by atoms with Gasteiger partial charge in [-0.1, -0.05) is 39.8 Å². The molecule has 5 heteroatoms. The minimum atomic E-state index is -1.04. The van der Waals surface area contributed by atoms with Crippen LogP contribution in [-0.2, 0) is 9.59 Å². The van der Waals surface area contributed by atoms with E-state index in [0.717, 1.165) is 5.56 Å². The predicted molar refractivity (Wildman–Crippen MR) is 80.4 cm³/mol. The first-order chi connectivity index (χ1) is 9.81. The van der Waals surface area contributed by atoms with Gasteiger partial charge in [0.2, 0.25) is 0 Å². The number of benzene rings is 1. The molecule has 0 heterocycles. The average molecular weight is 293 g/mol. The summed E-state index contributed by atoms with van der Waals surface area (Å²) < 4.78 is 5.41. The molecule has 21 heavy (non-hydrogen) atoms. The normalized spacial score (nSPS) is 12.3. The Bertz CT molecular complexity index is 497. The van der Waals surface area contributed by atoms with Crippen LogP contribution in [0.5, 0.6) is 5.75 Å². The molecule has 0 aliphatic carbocycles. The topological polar surface area (TPSA) is 75.6 Å². The molecular formula is C16H23NO4. The van der Waals surface area contributed by atoms with Gasteiger partial charge in [0.1, 0.15) is 11.8 Å². The fourth-order valence-electron chi connectivity index (χ4n) is 1.84. The van der Waals surface area contributed by atoms with Gasteiger partial charge in [0, 0.05) is 0 Å². The highest BCUT2D eigenvalue weighted by molar-refractivity contribution is 5.84. The van der Waals surface area contributed by atoms with Crippen LogP contribution >= 0.6 is 0 Å². The lowest BCUT2D eigenvalue weighted by Crippen LogP contribution is -2.46. The van der Waals surface area contributed by atoms with Gasteiger partial charge >= 0.3 is 5.97 Å². The number of hydrogen-bond acceptors (Lipinski definition) is 3. The molecule has 0 aliphatic heterocycles. The molecule has 1 amide bonds. The molecule has 0 saturated heterocycles. The molecule has 0 bridgehead atoms. The largest absolute Gasteiger partial charge is 0.484 e. The molecule has 0 aromatic heterocycles. The Morgan fingerprint density at radius 2 is 1.90 bits per heavy atom. The van der Waals surface area contributed by atoms with Crippen LogP contribution in [0, 0.1) is 5.92 Å². The standard InChI is InChI=1S/C16H23NO4/c1-10(2)12-6-5-7-13(8-12)21-9-14(18)17-15(11(3)4)16(19)20/h5-8,10-11,15H,9H2,1-4H3,(H,17,18)(H,19,20)/t15-/m0/s1. The van der Waals surface area contributed by atoms with Crippen LogP contribution in [0.1, 0.15) is 39.2 Å². The lowest BCUT2D eigenvalue weighted by atomic mass is 10.0. The molecule has 1 aromatic rings. The van der Waals surface area contributed by atoms with Crippen molar-refractivity contribution in [3.8, 4) is 5.75 Å². The average Bonchev–Trinajstić information content (AvgIpc) is 2.42. The van der Waals surface area contributed by atoms with Crippen molar-refractivity contribution >= 4 is 11.9 Å². The summed E-state index contributed by atoms with van der Waals surface area (Å²) in [5, 5.41) is 11.5. The van der Waals surface area contributed by atoms with Crippen LogP contribution in [0.25, 0.3) is 0 Å². The van der Waals surface area contributed by atoms with E-state index in [1.807, 2.05) is 18.2 Å². The van der Waals surface area contributed by atoms with E-state index in [1.165, 1.54) is 0 Å². The fourth-order valence-corrected chi connectivity index (χ4v) is 1.84. The summed E-state index contributed by atoms with van der Waals surface area (Å²) in [5.41, 5.74) is 1.12. The van der Waals surface area contributed by atoms with Gasteiger partial charge in [-0.3, -0.25) is 4.79 Å². The second-order valence-electron chi connectivity index (χ2n) is 5.64. The van der Waals surface area contributed by atoms with Gasteiger partial charge in [-0.15, -0.1) is 0 Å². The lowest BCUT2D eigenvalue weighted by Gasteiger charge is -2.18. The maximum absolute atomic E-state index is 11.8. The summed E-state index contributed by atoms with van der Waals surface area (Å²) in [5.74, 6) is -0.686. The third-order valence-corrected chi connectivity index (χ3v) is 3.14. The number of rotatable bonds is 7. The van der Waals surface area contributed by atoms with E-state index < -0.39 is 17.9 Å². The van der Waals surface area contributed by atoms with E-state index in [2.05, 4.69) is 19.2 Å². The second-order valence-corrected chi connectivity index (χ2v) is 5.64. The van der Waals surface area contributed by atoms with E-state index >= 15 is 0 Å². The number of nitrogens with one attached hydrogen (secondary N) is 1. The van der Waals surface area contributed by atoms with Gasteiger partial charge in [0.05, 0.1) is 0 Å². The molecule has 1 aromatic carbocycles. The second kappa shape index (κ2) is 7.67. The zero-order valence-corrected chi connectivity index (χ0v) is 12.9. The van der Waals surface area contributed by atoms with Crippen LogP contribution in [0.4, 0.5) is 0 Å². The van der Waals surface area contributed by atoms with Crippen LogP contribution in [0.2, 0.25) is 0 Å². The number of aliphatic carboxylic acids is 1. The summed E-state index contributed by atoms with van der Waals surface area (Å²) in [7, 11) is 0. The van der Waals surface area contributed by atoms with Gasteiger partial charge in [-0.2, -0.15) is 0 Å². The molecule has 2 N–H and O–H groups in total. The van der Waals surface area contributed by atoms with Crippen LogP contribution < -0.4 is 10.1 Å². The SMILES string of the molecule is CC(C)c1cccc(OCC(=O)N[C@H](C(=O)O)C(C)C)c1. The molecule has 1 atom stereocenters. The highest BCUT2D eigenvalue weighted by Crippen LogP contribution is 2.19. The number of carbonyl (C=O) groups is 2. The molecule has 1 rings (SSSR count). The van der Waals surface area contributed by atoms with Crippen LogP contribution in [-0.4, -0.2) is 29.6 Å². The van der Waals surface area contributed by atoms with E-state index in [1.54, 1.807) is 19.9 Å². The molecule has 0 aliphatic rings. The molecule has 0 radical (unpaired) electrons. The Balaban J connectivity index is 2.57. The maximum Gasteiger partial charge on any atom is 0.326 e. The van der Waals surface area contributed by atoms with Crippen molar-refractivity contribution < 1.29 is 19.4 Å². The first-order valence-electron chi connectivity index (χ1n) is 7.06. The number of hydrogen-bond donors (Lipinski definition) is 2. The summed E-state index contributed by atoms with van der Waals surface area (Å²) in [4.78, 5) is 22.8. The summed E-state index contributed by atoms with van der Waals surface area (Å²) in [6.45, 7) is 7.44. The minimum Gasteiger partial charge on any atom is -0.484 e. The number of ether oxygens (including phenoxy) is 1. The zero-order chi connectivity index (χ0) is 16.0. The Labute approximate surface area is 125 Å². The first kappa shape index (κ1) is 17.0. The van der Waals surface area contributed by atoms with Crippen molar-refractivity contribution in [3.05, 3.63) is 29.8 Å². The molecule has 5 nitrogen and oxygen atoms in total. The van der Waals surface area contributed by atoms with Gasteiger partial charge < -0.3 is 15.2 Å². The van der Waals surface area contributed by atoms with Crippen molar-refractivity contribution in [2.75, 3.05) is 6.61 Å². The Morgan fingerprint density at radius 1 is 1.24 bits per heavy atom. The first-order valence-corrected chi connectivity index (χ1v) is 7.06. The fraction of sp³-hybridized carbons (Fsp3) is 0.500. The molecule has 0 spiro atoms. The minimum absolute atomic E-state index is 0.185. The molecule has 0 unspecified atom stereocenters. The van der Waals surface area contributed by atoms with Crippen LogP contribution in [0.3, 0.4) is 0 Å². The summed E-state index contributed by atoms with van der Waals surface area (Å²) in [6.07, 6.45) is 0. The van der Waals surface area contributed by atoms with Gasteiger partial charge in [0.25, 0.3) is 5.91 Å². The third kappa shape index (κ3) is 5.45. The third-order valence-electron chi connectivity index (χ3n) is 3.14. The molecular weight excluding hydrogens is 270 g/mol. The maximum atomic E-state index is 11.8. The highest BCUT2D eigenvalue weighted by Gasteiger charge is 2.23.